The molecular weight excluding hydrogens is 705 g/mol. The predicted molar refractivity (Wildman–Crippen MR) is 179 cm³/mol. The number of carbonyl (C=O) groups is 4. The molecule has 0 radical (unpaired) electrons. The van der Waals surface area contributed by atoms with E-state index in [1.165, 1.54) is 23.2 Å². The van der Waals surface area contributed by atoms with Gasteiger partial charge in [-0.1, -0.05) is 23.7 Å². The molecule has 5 unspecified atom stereocenters. The molecule has 5 atom stereocenters. The van der Waals surface area contributed by atoms with Gasteiger partial charge in [0.1, 0.15) is 29.3 Å². The number of aromatic nitrogens is 3. The molecule has 1 saturated heterocycles. The van der Waals surface area contributed by atoms with Gasteiger partial charge in [-0.2, -0.15) is 0 Å². The number of hydrogen-bond acceptors (Lipinski definition) is 15. The highest BCUT2D eigenvalue weighted by atomic mass is 32.2. The fourth-order valence-corrected chi connectivity index (χ4v) is 8.83. The van der Waals surface area contributed by atoms with Gasteiger partial charge in [-0.15, -0.1) is 23.1 Å². The molecule has 2 aromatic heterocycles. The van der Waals surface area contributed by atoms with E-state index in [1.807, 2.05) is 4.57 Å². The van der Waals surface area contributed by atoms with Gasteiger partial charge in [0.2, 0.25) is 11.9 Å². The maximum atomic E-state index is 13.5. The Labute approximate surface area is 296 Å². The number of aliphatic carboxylic acids is 2. The summed E-state index contributed by atoms with van der Waals surface area (Å²) in [5.74, 6) is -4.25. The summed E-state index contributed by atoms with van der Waals surface area (Å²) < 4.78 is 2.01. The average Bonchev–Trinajstić information content (AvgIpc) is 3.70. The fraction of sp³-hybridized carbons (Fsp3) is 0.312. The van der Waals surface area contributed by atoms with Crippen molar-refractivity contribution in [3.05, 3.63) is 75.8 Å². The van der Waals surface area contributed by atoms with Crippen LogP contribution in [0.2, 0.25) is 0 Å². The summed E-state index contributed by atoms with van der Waals surface area (Å²) in [6.45, 7) is 0.422. The number of fused-ring (bicyclic) bond motifs is 5. The second kappa shape index (κ2) is 13.2. The highest BCUT2D eigenvalue weighted by Gasteiger charge is 2.53. The van der Waals surface area contributed by atoms with Crippen LogP contribution in [-0.2, 0) is 30.6 Å². The number of rotatable bonds is 11. The molecule has 2 aliphatic carbocycles. The smallest absolute Gasteiger partial charge is 0.352 e. The standard InChI is InChI=1S/C32H30N8O9S2/c33-26-20-15-4-1-5-16(15)24(20)39(12-35-26)8-2-3-14-10-50-29-22(28(44)40(29)23(14)30(45)46)37-27(43)21(17-11-51-32(34)36-17)38-49-25(31(47)48)13-6-7-18(41)19(42)9-13/h2-3,6-7,9,11-12,15-16,22,25,29,33H,1,4-5,8,10H2,(H7,34,36,37,38,41,42,43,45,46,47,48)/b3-2+. The molecule has 4 heterocycles. The van der Waals surface area contributed by atoms with Crippen LogP contribution in [0.1, 0.15) is 59.7 Å². The molecule has 4 aliphatic rings. The number of hydrogen-bond donors (Lipinski definition) is 6. The number of thioether (sulfide) groups is 1. The van der Waals surface area contributed by atoms with E-state index in [1.54, 1.807) is 18.5 Å². The monoisotopic (exact) mass is 734 g/mol. The Bertz CT molecular complexity index is 2080. The zero-order valence-corrected chi connectivity index (χ0v) is 28.1. The number of amides is 2. The van der Waals surface area contributed by atoms with Crippen LogP contribution < -0.4 is 26.5 Å². The zero-order chi connectivity index (χ0) is 36.1. The SMILES string of the molecule is Nc1nc(/C(=N/OC(C(=O)O)c2ccc(O)c(O)c2)C(=O)NC2C(=O)N3C(C(=O)[O-])=C(/C=C/C[n+]4cnc(N)c5c4C4CCCC54)CSC23)cs1. The second-order valence-corrected chi connectivity index (χ2v) is 14.2. The van der Waals surface area contributed by atoms with Crippen LogP contribution in [0.4, 0.5) is 10.9 Å². The van der Waals surface area contributed by atoms with Crippen LogP contribution in [0.25, 0.3) is 0 Å². The Kier molecular flexibility index (Phi) is 8.75. The van der Waals surface area contributed by atoms with Crippen molar-refractivity contribution in [1.29, 1.82) is 0 Å². The summed E-state index contributed by atoms with van der Waals surface area (Å²) in [5, 5.41) is 48.4. The number of nitrogens with one attached hydrogen (secondary N) is 1. The molecule has 1 saturated carbocycles. The number of carbonyl (C=O) groups excluding carboxylic acids is 3. The van der Waals surface area contributed by atoms with Crippen molar-refractivity contribution in [2.24, 2.45) is 5.16 Å². The topological polar surface area (TPSA) is 271 Å². The van der Waals surface area contributed by atoms with Gasteiger partial charge in [-0.25, -0.2) is 14.3 Å². The van der Waals surface area contributed by atoms with Gasteiger partial charge in [0.05, 0.1) is 17.2 Å². The Balaban J connectivity index is 1.08. The van der Waals surface area contributed by atoms with Crippen LogP contribution >= 0.6 is 23.1 Å². The number of β-lactam (4-membered cyclic amide) rings is 1. The van der Waals surface area contributed by atoms with Crippen LogP contribution in [0.15, 0.2) is 58.5 Å². The predicted octanol–water partition coefficient (Wildman–Crippen LogP) is -0.0272. The number of oxime groups is 1. The average molecular weight is 735 g/mol. The molecule has 19 heteroatoms. The number of anilines is 2. The highest BCUT2D eigenvalue weighted by Crippen LogP contribution is 2.56. The van der Waals surface area contributed by atoms with Crippen molar-refractivity contribution in [3.63, 3.8) is 0 Å². The molecule has 1 aromatic carbocycles. The summed E-state index contributed by atoms with van der Waals surface area (Å²) in [6.07, 6.45) is 6.62. The Hall–Kier alpha value is -5.69. The number of phenols is 2. The molecule has 8 N–H and O–H groups in total. The van der Waals surface area contributed by atoms with Gasteiger partial charge in [0, 0.05) is 28.5 Å². The van der Waals surface area contributed by atoms with Gasteiger partial charge >= 0.3 is 5.97 Å². The molecule has 51 heavy (non-hydrogen) atoms. The van der Waals surface area contributed by atoms with E-state index < -0.39 is 58.5 Å². The number of nitrogens with zero attached hydrogens (tertiary/aromatic N) is 5. The van der Waals surface area contributed by atoms with Gasteiger partial charge in [0.25, 0.3) is 18.1 Å². The maximum absolute atomic E-state index is 13.5. The third-order valence-electron chi connectivity index (χ3n) is 9.29. The molecule has 264 valence electrons. The molecule has 2 fully saturated rings. The first-order valence-corrected chi connectivity index (χ1v) is 17.6. The summed E-state index contributed by atoms with van der Waals surface area (Å²) in [5.41, 5.74) is 13.5. The first-order valence-electron chi connectivity index (χ1n) is 15.7. The van der Waals surface area contributed by atoms with Crippen molar-refractivity contribution in [2.45, 2.75) is 55.2 Å². The van der Waals surface area contributed by atoms with Crippen LogP contribution in [0.3, 0.4) is 0 Å². The summed E-state index contributed by atoms with van der Waals surface area (Å²) in [4.78, 5) is 65.9. The van der Waals surface area contributed by atoms with Crippen molar-refractivity contribution >= 4 is 63.5 Å². The maximum Gasteiger partial charge on any atom is 0.352 e. The van der Waals surface area contributed by atoms with E-state index in [9.17, 15) is 39.6 Å². The normalized spacial score (nSPS) is 22.8. The lowest BCUT2D eigenvalue weighted by atomic mass is 9.73. The number of allylic oxidation sites excluding steroid dienone is 2. The molecule has 7 rings (SSSR count). The quantitative estimate of drug-likeness (QED) is 0.0497. The van der Waals surface area contributed by atoms with Crippen LogP contribution in [0.5, 0.6) is 11.5 Å². The largest absolute Gasteiger partial charge is 0.543 e. The van der Waals surface area contributed by atoms with E-state index in [0.717, 1.165) is 58.9 Å². The Morgan fingerprint density at radius 2 is 2.00 bits per heavy atom. The number of carboxylic acid groups (broad SMARTS) is 2. The van der Waals surface area contributed by atoms with Crippen LogP contribution in [0, 0.1) is 0 Å². The summed E-state index contributed by atoms with van der Waals surface area (Å²) >= 11 is 2.20. The number of thiazole rings is 1. The van der Waals surface area contributed by atoms with E-state index >= 15 is 0 Å². The Morgan fingerprint density at radius 1 is 1.22 bits per heavy atom. The molecule has 0 bridgehead atoms. The molecular formula is C32H30N8O9S2. The lowest BCUT2D eigenvalue weighted by Crippen LogP contribution is -2.71. The van der Waals surface area contributed by atoms with Crippen molar-refractivity contribution in [2.75, 3.05) is 17.2 Å². The van der Waals surface area contributed by atoms with Gasteiger partial charge in [0.15, 0.2) is 22.3 Å². The number of nitrogen functional groups attached to an aromatic ring is 2. The zero-order valence-electron chi connectivity index (χ0n) is 26.5. The second-order valence-electron chi connectivity index (χ2n) is 12.2. The molecule has 0 spiro atoms. The molecule has 17 nitrogen and oxygen atoms in total. The number of carboxylic acids is 2. The first kappa shape index (κ1) is 33.8. The van der Waals surface area contributed by atoms with Crippen molar-refractivity contribution < 1.29 is 49.0 Å². The van der Waals surface area contributed by atoms with Crippen LogP contribution in [-0.4, -0.2) is 76.8 Å². The number of phenolic OH excluding ortho intramolecular Hbond substituents is 2. The van der Waals surface area contributed by atoms with Crippen molar-refractivity contribution in [3.8, 4) is 11.5 Å². The third kappa shape index (κ3) is 5.97. The number of benzene rings is 1. The first-order chi connectivity index (χ1) is 24.4. The highest BCUT2D eigenvalue weighted by molar-refractivity contribution is 8.00. The lowest BCUT2D eigenvalue weighted by molar-refractivity contribution is -0.701. The van der Waals surface area contributed by atoms with E-state index in [0.29, 0.717) is 29.8 Å². The summed E-state index contributed by atoms with van der Waals surface area (Å²) in [7, 11) is 0. The Morgan fingerprint density at radius 3 is 2.71 bits per heavy atom. The van der Waals surface area contributed by atoms with Gasteiger partial charge < -0.3 is 46.8 Å². The minimum absolute atomic E-state index is 0.0596. The van der Waals surface area contributed by atoms with E-state index in [2.05, 4.69) is 20.4 Å². The lowest BCUT2D eigenvalue weighted by Gasteiger charge is -2.50. The molecule has 2 amide bonds. The fourth-order valence-electron chi connectivity index (χ4n) is 6.96. The molecule has 2 aliphatic heterocycles. The molecule has 3 aromatic rings. The number of aromatic hydroxyl groups is 2. The number of nitrogens with two attached hydrogens (primary N) is 2. The van der Waals surface area contributed by atoms with Crippen molar-refractivity contribution in [1.82, 2.24) is 20.2 Å². The summed E-state index contributed by atoms with van der Waals surface area (Å²) in [6, 6.07) is 2.02. The minimum atomic E-state index is -1.82. The van der Waals surface area contributed by atoms with Gasteiger partial charge in [-0.05, 0) is 41.6 Å². The third-order valence-corrected chi connectivity index (χ3v) is 11.3. The van der Waals surface area contributed by atoms with E-state index in [4.69, 9.17) is 16.3 Å². The minimum Gasteiger partial charge on any atom is -0.543 e. The van der Waals surface area contributed by atoms with Gasteiger partial charge in [-0.3, -0.25) is 14.5 Å². The van der Waals surface area contributed by atoms with E-state index in [-0.39, 0.29) is 27.8 Å².